The molecular weight excluding hydrogens is 413 g/mol. The Morgan fingerprint density at radius 2 is 1.90 bits per heavy atom. The average Bonchev–Trinajstić information content (AvgIpc) is 2.72. The lowest BCUT2D eigenvalue weighted by atomic mass is 9.91. The Hall–Kier alpha value is -2.55. The van der Waals surface area contributed by atoms with Crippen LogP contribution < -0.4 is 10.6 Å². The van der Waals surface area contributed by atoms with Gasteiger partial charge in [-0.05, 0) is 43.0 Å². The predicted molar refractivity (Wildman–Crippen MR) is 113 cm³/mol. The van der Waals surface area contributed by atoms with E-state index in [2.05, 4.69) is 27.2 Å². The van der Waals surface area contributed by atoms with Crippen LogP contribution in [0.2, 0.25) is 0 Å². The molecule has 0 bridgehead atoms. The molecule has 0 unspecified atom stereocenters. The van der Waals surface area contributed by atoms with Gasteiger partial charge in [-0.3, -0.25) is 4.79 Å². The summed E-state index contributed by atoms with van der Waals surface area (Å²) in [5.74, 6) is 0.873. The molecule has 0 atom stereocenters. The zero-order valence-corrected chi connectivity index (χ0v) is 17.2. The molecule has 3 rings (SSSR count). The molecule has 9 heteroatoms. The number of anilines is 3. The fourth-order valence-electron chi connectivity index (χ4n) is 3.26. The maximum absolute atomic E-state index is 13.3. The topological polar surface area (TPSA) is 66.9 Å². The highest BCUT2D eigenvalue weighted by atomic mass is 32.2. The summed E-state index contributed by atoms with van der Waals surface area (Å²) >= 11 is 1.27. The molecule has 5 nitrogen and oxygen atoms in total. The van der Waals surface area contributed by atoms with E-state index in [9.17, 15) is 18.0 Å². The van der Waals surface area contributed by atoms with Gasteiger partial charge in [0.25, 0.3) is 0 Å². The second-order valence-corrected chi connectivity index (χ2v) is 8.12. The summed E-state index contributed by atoms with van der Waals surface area (Å²) in [4.78, 5) is 19.4. The van der Waals surface area contributed by atoms with E-state index in [-0.39, 0.29) is 16.9 Å². The van der Waals surface area contributed by atoms with Gasteiger partial charge < -0.3 is 10.6 Å². The molecule has 2 N–H and O–H groups in total. The van der Waals surface area contributed by atoms with Crippen LogP contribution in [0.4, 0.5) is 30.4 Å². The number of alkyl halides is 3. The SMILES string of the molecule is C=CC(=O)Nc1cccc(Nc2cc(C(F)(F)F)nc(SCC3CCCCC3)n2)c1. The summed E-state index contributed by atoms with van der Waals surface area (Å²) in [5.41, 5.74) is -0.00364. The molecule has 1 aromatic heterocycles. The van der Waals surface area contributed by atoms with Crippen LogP contribution in [0.25, 0.3) is 0 Å². The van der Waals surface area contributed by atoms with Gasteiger partial charge in [0.1, 0.15) is 5.82 Å². The molecule has 1 heterocycles. The number of nitrogens with one attached hydrogen (secondary N) is 2. The quantitative estimate of drug-likeness (QED) is 0.315. The van der Waals surface area contributed by atoms with Gasteiger partial charge in [-0.25, -0.2) is 9.97 Å². The summed E-state index contributed by atoms with van der Waals surface area (Å²) in [7, 11) is 0. The molecule has 1 aromatic carbocycles. The minimum atomic E-state index is -4.57. The molecule has 1 fully saturated rings. The molecule has 1 aliphatic carbocycles. The van der Waals surface area contributed by atoms with E-state index in [1.165, 1.54) is 31.0 Å². The Morgan fingerprint density at radius 1 is 1.17 bits per heavy atom. The zero-order chi connectivity index (χ0) is 21.6. The van der Waals surface area contributed by atoms with Crippen LogP contribution >= 0.6 is 11.8 Å². The molecule has 1 amide bonds. The Bertz CT molecular complexity index is 898. The van der Waals surface area contributed by atoms with Crippen LogP contribution in [0.15, 0.2) is 48.1 Å². The number of nitrogens with zero attached hydrogens (tertiary/aromatic N) is 2. The van der Waals surface area contributed by atoms with Gasteiger partial charge in [-0.2, -0.15) is 13.2 Å². The van der Waals surface area contributed by atoms with Gasteiger partial charge in [-0.15, -0.1) is 0 Å². The third-order valence-corrected chi connectivity index (χ3v) is 5.84. The number of hydrogen-bond donors (Lipinski definition) is 2. The minimum absolute atomic E-state index is 0.0515. The van der Waals surface area contributed by atoms with Gasteiger partial charge >= 0.3 is 6.18 Å². The van der Waals surface area contributed by atoms with Gasteiger partial charge in [0.05, 0.1) is 0 Å². The molecule has 0 saturated heterocycles. The van der Waals surface area contributed by atoms with Gasteiger partial charge in [-0.1, -0.05) is 43.7 Å². The normalized spacial score (nSPS) is 14.9. The molecule has 30 heavy (non-hydrogen) atoms. The Morgan fingerprint density at radius 3 is 2.60 bits per heavy atom. The molecular formula is C21H23F3N4OS. The first-order chi connectivity index (χ1) is 14.3. The number of thioether (sulfide) groups is 1. The zero-order valence-electron chi connectivity index (χ0n) is 16.3. The molecule has 1 aliphatic rings. The number of aromatic nitrogens is 2. The molecule has 1 saturated carbocycles. The Kier molecular flexibility index (Phi) is 7.36. The fraction of sp³-hybridized carbons (Fsp3) is 0.381. The highest BCUT2D eigenvalue weighted by Crippen LogP contribution is 2.33. The molecule has 160 valence electrons. The van der Waals surface area contributed by atoms with Crippen LogP contribution in [0, 0.1) is 5.92 Å². The lowest BCUT2D eigenvalue weighted by molar-refractivity contribution is -0.141. The van der Waals surface area contributed by atoms with E-state index in [4.69, 9.17) is 0 Å². The fourth-order valence-corrected chi connectivity index (χ4v) is 4.30. The monoisotopic (exact) mass is 436 g/mol. The minimum Gasteiger partial charge on any atom is -0.340 e. The van der Waals surface area contributed by atoms with Crippen molar-refractivity contribution in [1.82, 2.24) is 9.97 Å². The maximum Gasteiger partial charge on any atom is 0.433 e. The lowest BCUT2D eigenvalue weighted by Crippen LogP contribution is -2.12. The molecule has 0 aliphatic heterocycles. The van der Waals surface area contributed by atoms with Crippen molar-refractivity contribution in [3.63, 3.8) is 0 Å². The standard InChI is InChI=1S/C21H23F3N4OS/c1-2-19(29)26-16-10-6-9-15(11-16)25-18-12-17(21(22,23)24)27-20(28-18)30-13-14-7-4-3-5-8-14/h2,6,9-12,14H,1,3-5,7-8,13H2,(H,26,29)(H,25,27,28). The third-order valence-electron chi connectivity index (χ3n) is 4.76. The van der Waals surface area contributed by atoms with E-state index in [0.717, 1.165) is 25.0 Å². The van der Waals surface area contributed by atoms with Crippen LogP contribution in [0.5, 0.6) is 0 Å². The van der Waals surface area contributed by atoms with Crippen molar-refractivity contribution in [3.05, 3.63) is 48.7 Å². The van der Waals surface area contributed by atoms with Crippen molar-refractivity contribution in [2.45, 2.75) is 43.4 Å². The number of halogens is 3. The first-order valence-electron chi connectivity index (χ1n) is 9.73. The van der Waals surface area contributed by atoms with Crippen LogP contribution in [0.3, 0.4) is 0 Å². The van der Waals surface area contributed by atoms with E-state index >= 15 is 0 Å². The Labute approximate surface area is 177 Å². The van der Waals surface area contributed by atoms with Gasteiger partial charge in [0, 0.05) is 23.2 Å². The summed E-state index contributed by atoms with van der Waals surface area (Å²) in [6, 6.07) is 7.50. The van der Waals surface area contributed by atoms with E-state index < -0.39 is 11.9 Å². The van der Waals surface area contributed by atoms with Gasteiger partial charge in [0.15, 0.2) is 10.9 Å². The summed E-state index contributed by atoms with van der Waals surface area (Å²) in [6.45, 7) is 3.39. The van der Waals surface area contributed by atoms with Crippen molar-refractivity contribution in [3.8, 4) is 0 Å². The highest BCUT2D eigenvalue weighted by Gasteiger charge is 2.34. The number of carbonyl (C=O) groups is 1. The summed E-state index contributed by atoms with van der Waals surface area (Å²) in [6.07, 6.45) is 2.32. The second-order valence-electron chi connectivity index (χ2n) is 7.13. The first-order valence-corrected chi connectivity index (χ1v) is 10.7. The number of benzene rings is 1. The number of carbonyl (C=O) groups excluding carboxylic acids is 1. The number of amides is 1. The summed E-state index contributed by atoms with van der Waals surface area (Å²) < 4.78 is 40.0. The lowest BCUT2D eigenvalue weighted by Gasteiger charge is -2.20. The molecule has 0 spiro atoms. The molecule has 0 radical (unpaired) electrons. The third kappa shape index (κ3) is 6.48. The van der Waals surface area contributed by atoms with Crippen LogP contribution in [-0.2, 0) is 11.0 Å². The van der Waals surface area contributed by atoms with Crippen LogP contribution in [-0.4, -0.2) is 21.6 Å². The Balaban J connectivity index is 1.78. The van der Waals surface area contributed by atoms with Crippen molar-refractivity contribution >= 4 is 34.9 Å². The van der Waals surface area contributed by atoms with Crippen LogP contribution in [0.1, 0.15) is 37.8 Å². The number of hydrogen-bond acceptors (Lipinski definition) is 5. The van der Waals surface area contributed by atoms with Crippen molar-refractivity contribution < 1.29 is 18.0 Å². The van der Waals surface area contributed by atoms with Crippen molar-refractivity contribution in [2.24, 2.45) is 5.92 Å². The van der Waals surface area contributed by atoms with E-state index in [0.29, 0.717) is 23.0 Å². The largest absolute Gasteiger partial charge is 0.433 e. The first kappa shape index (κ1) is 22.1. The van der Waals surface area contributed by atoms with E-state index in [1.807, 2.05) is 0 Å². The highest BCUT2D eigenvalue weighted by molar-refractivity contribution is 7.99. The maximum atomic E-state index is 13.3. The average molecular weight is 437 g/mol. The summed E-state index contributed by atoms with van der Waals surface area (Å²) in [5, 5.41) is 5.60. The number of rotatable bonds is 7. The van der Waals surface area contributed by atoms with E-state index in [1.54, 1.807) is 24.3 Å². The second kappa shape index (κ2) is 9.97. The predicted octanol–water partition coefficient (Wildman–Crippen LogP) is 6.04. The van der Waals surface area contributed by atoms with Crippen molar-refractivity contribution in [1.29, 1.82) is 0 Å². The van der Waals surface area contributed by atoms with Crippen molar-refractivity contribution in [2.75, 3.05) is 16.4 Å². The molecule has 2 aromatic rings. The smallest absolute Gasteiger partial charge is 0.340 e. The van der Waals surface area contributed by atoms with Gasteiger partial charge in [0.2, 0.25) is 5.91 Å².